The van der Waals surface area contributed by atoms with Crippen LogP contribution < -0.4 is 15.4 Å². The van der Waals surface area contributed by atoms with Gasteiger partial charge in [0.1, 0.15) is 11.6 Å². The highest BCUT2D eigenvalue weighted by atomic mass is 19.4. The molecule has 0 bridgehead atoms. The number of benzene rings is 2. The molecule has 0 saturated carbocycles. The molecule has 0 unspecified atom stereocenters. The van der Waals surface area contributed by atoms with Crippen LogP contribution in [0, 0.1) is 0 Å². The minimum atomic E-state index is -4.78. The highest BCUT2D eigenvalue weighted by Gasteiger charge is 2.31. The number of anilines is 3. The van der Waals surface area contributed by atoms with E-state index in [1.165, 1.54) is 18.2 Å². The average molecular weight is 390 g/mol. The second kappa shape index (κ2) is 8.57. The molecule has 0 saturated heterocycles. The Morgan fingerprint density at radius 3 is 2.46 bits per heavy atom. The summed E-state index contributed by atoms with van der Waals surface area (Å²) in [5, 5.41) is 15.0. The molecule has 6 nitrogen and oxygen atoms in total. The zero-order valence-corrected chi connectivity index (χ0v) is 14.6. The Hall–Kier alpha value is -3.33. The van der Waals surface area contributed by atoms with Crippen molar-refractivity contribution < 1.29 is 23.0 Å². The minimum Gasteiger partial charge on any atom is -0.406 e. The molecule has 0 amide bonds. The number of alkyl halides is 3. The summed E-state index contributed by atoms with van der Waals surface area (Å²) in [6, 6.07) is 16.4. The molecule has 1 aromatic heterocycles. The van der Waals surface area contributed by atoms with E-state index in [-0.39, 0.29) is 24.8 Å². The summed E-state index contributed by atoms with van der Waals surface area (Å²) in [6.07, 6.45) is -4.78. The van der Waals surface area contributed by atoms with E-state index in [1.54, 1.807) is 12.1 Å². The lowest BCUT2D eigenvalue weighted by molar-refractivity contribution is -0.274. The van der Waals surface area contributed by atoms with Crippen LogP contribution in [0.1, 0.15) is 0 Å². The predicted octanol–water partition coefficient (Wildman–Crippen LogP) is 4.19. The van der Waals surface area contributed by atoms with Crippen molar-refractivity contribution in [2.24, 2.45) is 0 Å². The van der Waals surface area contributed by atoms with E-state index < -0.39 is 6.36 Å². The van der Waals surface area contributed by atoms with E-state index in [0.29, 0.717) is 17.1 Å². The van der Waals surface area contributed by atoms with E-state index in [0.717, 1.165) is 5.69 Å². The maximum absolute atomic E-state index is 12.5. The summed E-state index contributed by atoms with van der Waals surface area (Å²) < 4.78 is 41.5. The van der Waals surface area contributed by atoms with Gasteiger partial charge in [-0.2, -0.15) is 4.98 Å². The van der Waals surface area contributed by atoms with Gasteiger partial charge in [-0.25, -0.2) is 4.98 Å². The third-order valence-corrected chi connectivity index (χ3v) is 3.53. The van der Waals surface area contributed by atoms with E-state index in [9.17, 15) is 13.2 Å². The fourth-order valence-electron chi connectivity index (χ4n) is 2.43. The van der Waals surface area contributed by atoms with Crippen molar-refractivity contribution in [2.45, 2.75) is 6.36 Å². The Morgan fingerprint density at radius 1 is 0.964 bits per heavy atom. The Balaban J connectivity index is 1.95. The Bertz CT molecular complexity index is 921. The van der Waals surface area contributed by atoms with Crippen molar-refractivity contribution in [3.05, 3.63) is 60.7 Å². The molecule has 1 heterocycles. The molecule has 3 N–H and O–H groups in total. The second-order valence-corrected chi connectivity index (χ2v) is 5.68. The molecule has 9 heteroatoms. The number of aliphatic hydroxyl groups is 1. The number of aliphatic hydroxyl groups excluding tert-OH is 1. The minimum absolute atomic E-state index is 0.121. The van der Waals surface area contributed by atoms with Crippen LogP contribution in [0.15, 0.2) is 60.7 Å². The van der Waals surface area contributed by atoms with Gasteiger partial charge in [0.25, 0.3) is 0 Å². The first-order valence-electron chi connectivity index (χ1n) is 8.35. The van der Waals surface area contributed by atoms with Gasteiger partial charge in [0.2, 0.25) is 5.95 Å². The maximum atomic E-state index is 12.5. The molecular weight excluding hydrogens is 373 g/mol. The zero-order chi connectivity index (χ0) is 20.0. The van der Waals surface area contributed by atoms with E-state index in [1.807, 2.05) is 30.3 Å². The van der Waals surface area contributed by atoms with Crippen molar-refractivity contribution in [1.82, 2.24) is 9.97 Å². The molecule has 0 atom stereocenters. The summed E-state index contributed by atoms with van der Waals surface area (Å²) in [5.74, 6) is 0.331. The van der Waals surface area contributed by atoms with E-state index in [2.05, 4.69) is 25.3 Å². The second-order valence-electron chi connectivity index (χ2n) is 5.68. The predicted molar refractivity (Wildman–Crippen MR) is 99.5 cm³/mol. The first-order chi connectivity index (χ1) is 13.4. The van der Waals surface area contributed by atoms with Gasteiger partial charge in [0, 0.05) is 23.9 Å². The van der Waals surface area contributed by atoms with Gasteiger partial charge >= 0.3 is 6.36 Å². The van der Waals surface area contributed by atoms with Crippen molar-refractivity contribution >= 4 is 17.5 Å². The van der Waals surface area contributed by atoms with E-state index >= 15 is 0 Å². The molecule has 0 aliphatic rings. The van der Waals surface area contributed by atoms with Crippen molar-refractivity contribution in [3.8, 4) is 17.0 Å². The topological polar surface area (TPSA) is 79.3 Å². The standard InChI is InChI=1S/C19H17F3N4O2/c20-19(21,22)28-15-8-4-5-13(11-15)16-12-17(24-14-6-2-1-3-7-14)26-18(25-16)23-9-10-27/h1-8,11-12,27H,9-10H2,(H2,23,24,25,26). The highest BCUT2D eigenvalue weighted by molar-refractivity contribution is 5.68. The molecule has 3 aromatic rings. The number of aromatic nitrogens is 2. The van der Waals surface area contributed by atoms with Gasteiger partial charge in [-0.1, -0.05) is 30.3 Å². The molecule has 0 aliphatic heterocycles. The zero-order valence-electron chi connectivity index (χ0n) is 14.6. The lowest BCUT2D eigenvalue weighted by Crippen LogP contribution is -2.17. The van der Waals surface area contributed by atoms with Gasteiger partial charge < -0.3 is 20.5 Å². The maximum Gasteiger partial charge on any atom is 0.573 e. The summed E-state index contributed by atoms with van der Waals surface area (Å²) >= 11 is 0. The smallest absolute Gasteiger partial charge is 0.406 e. The number of para-hydroxylation sites is 1. The summed E-state index contributed by atoms with van der Waals surface area (Å²) in [7, 11) is 0. The fraction of sp³-hybridized carbons (Fsp3) is 0.158. The van der Waals surface area contributed by atoms with E-state index in [4.69, 9.17) is 5.11 Å². The van der Waals surface area contributed by atoms with Crippen molar-refractivity contribution in [1.29, 1.82) is 0 Å². The number of ether oxygens (including phenoxy) is 1. The van der Waals surface area contributed by atoms with Crippen LogP contribution in [-0.2, 0) is 0 Å². The largest absolute Gasteiger partial charge is 0.573 e. The molecule has 146 valence electrons. The number of halogens is 3. The SMILES string of the molecule is OCCNc1nc(Nc2ccccc2)cc(-c2cccc(OC(F)(F)F)c2)n1. The van der Waals surface area contributed by atoms with Crippen LogP contribution >= 0.6 is 0 Å². The van der Waals surface area contributed by atoms with Gasteiger partial charge in [-0.05, 0) is 24.3 Å². The number of nitrogens with zero attached hydrogens (tertiary/aromatic N) is 2. The third kappa shape index (κ3) is 5.58. The molecule has 0 aliphatic carbocycles. The van der Waals surface area contributed by atoms with Crippen LogP contribution in [0.5, 0.6) is 5.75 Å². The first kappa shape index (κ1) is 19.4. The number of nitrogens with one attached hydrogen (secondary N) is 2. The van der Waals surface area contributed by atoms with Gasteiger partial charge in [0.05, 0.1) is 12.3 Å². The van der Waals surface area contributed by atoms with Crippen LogP contribution in [-0.4, -0.2) is 34.6 Å². The lowest BCUT2D eigenvalue weighted by atomic mass is 10.1. The van der Waals surface area contributed by atoms with Gasteiger partial charge in [-0.15, -0.1) is 13.2 Å². The van der Waals surface area contributed by atoms with Crippen LogP contribution in [0.2, 0.25) is 0 Å². The Morgan fingerprint density at radius 2 is 1.75 bits per heavy atom. The first-order valence-corrected chi connectivity index (χ1v) is 8.35. The lowest BCUT2D eigenvalue weighted by Gasteiger charge is -2.12. The van der Waals surface area contributed by atoms with Crippen molar-refractivity contribution in [2.75, 3.05) is 23.8 Å². The summed E-state index contributed by atoms with van der Waals surface area (Å²) in [5.41, 5.74) is 1.60. The summed E-state index contributed by atoms with van der Waals surface area (Å²) in [4.78, 5) is 8.63. The van der Waals surface area contributed by atoms with Crippen LogP contribution in [0.25, 0.3) is 11.3 Å². The monoisotopic (exact) mass is 390 g/mol. The molecular formula is C19H17F3N4O2. The molecule has 0 fully saturated rings. The highest BCUT2D eigenvalue weighted by Crippen LogP contribution is 2.29. The van der Waals surface area contributed by atoms with Gasteiger partial charge in [-0.3, -0.25) is 0 Å². The molecule has 0 radical (unpaired) electrons. The average Bonchev–Trinajstić information content (AvgIpc) is 2.66. The molecule has 3 rings (SSSR count). The third-order valence-electron chi connectivity index (χ3n) is 3.53. The Labute approximate surface area is 159 Å². The van der Waals surface area contributed by atoms with Crippen LogP contribution in [0.3, 0.4) is 0 Å². The van der Waals surface area contributed by atoms with Crippen molar-refractivity contribution in [3.63, 3.8) is 0 Å². The number of rotatable bonds is 7. The summed E-state index contributed by atoms with van der Waals surface area (Å²) in [6.45, 7) is 0.107. The quantitative estimate of drug-likeness (QED) is 0.561. The van der Waals surface area contributed by atoms with Gasteiger partial charge in [0.15, 0.2) is 0 Å². The van der Waals surface area contributed by atoms with Crippen LogP contribution in [0.4, 0.5) is 30.6 Å². The normalized spacial score (nSPS) is 11.1. The number of hydrogen-bond acceptors (Lipinski definition) is 6. The molecule has 28 heavy (non-hydrogen) atoms. The fourth-order valence-corrected chi connectivity index (χ4v) is 2.43. The number of hydrogen-bond donors (Lipinski definition) is 3. The molecule has 0 spiro atoms. The molecule has 2 aromatic carbocycles. The Kier molecular flexibility index (Phi) is 5.95.